The SMILES string of the molecule is Cc1nn(C)c(C)c1CC(=O)NNC(=O)[C@@H]1COc2ccccc2O1. The van der Waals surface area contributed by atoms with Gasteiger partial charge in [-0.05, 0) is 26.0 Å². The number of ether oxygens (including phenoxy) is 2. The van der Waals surface area contributed by atoms with Crippen LogP contribution in [0.2, 0.25) is 0 Å². The fourth-order valence-electron chi connectivity index (χ4n) is 2.64. The van der Waals surface area contributed by atoms with Crippen LogP contribution in [-0.4, -0.2) is 34.3 Å². The molecule has 1 aromatic heterocycles. The van der Waals surface area contributed by atoms with Crippen molar-refractivity contribution in [3.8, 4) is 11.5 Å². The number of nitrogens with one attached hydrogen (secondary N) is 2. The molecule has 132 valence electrons. The van der Waals surface area contributed by atoms with Gasteiger partial charge < -0.3 is 9.47 Å². The summed E-state index contributed by atoms with van der Waals surface area (Å²) in [4.78, 5) is 24.2. The van der Waals surface area contributed by atoms with Crippen molar-refractivity contribution in [1.29, 1.82) is 0 Å². The fraction of sp³-hybridized carbons (Fsp3) is 0.353. The van der Waals surface area contributed by atoms with Crippen molar-refractivity contribution in [2.45, 2.75) is 26.4 Å². The maximum atomic E-state index is 12.2. The van der Waals surface area contributed by atoms with E-state index in [1.807, 2.05) is 27.0 Å². The Kier molecular flexibility index (Phi) is 4.60. The summed E-state index contributed by atoms with van der Waals surface area (Å²) in [5.74, 6) is 0.298. The molecule has 25 heavy (non-hydrogen) atoms. The molecular formula is C17H20N4O4. The lowest BCUT2D eigenvalue weighted by Gasteiger charge is -2.25. The number of amides is 2. The van der Waals surface area contributed by atoms with Gasteiger partial charge in [-0.1, -0.05) is 12.1 Å². The third kappa shape index (κ3) is 3.57. The Hall–Kier alpha value is -3.03. The minimum absolute atomic E-state index is 0.0829. The number of hydrogen-bond donors (Lipinski definition) is 2. The molecule has 2 aromatic rings. The van der Waals surface area contributed by atoms with E-state index in [2.05, 4.69) is 16.0 Å². The summed E-state index contributed by atoms with van der Waals surface area (Å²) >= 11 is 0. The predicted octanol–water partition coefficient (Wildman–Crippen LogP) is 0.567. The number of para-hydroxylation sites is 2. The average Bonchev–Trinajstić information content (AvgIpc) is 2.85. The molecule has 0 aliphatic carbocycles. The van der Waals surface area contributed by atoms with E-state index in [1.54, 1.807) is 22.9 Å². The first kappa shape index (κ1) is 16.8. The fourth-order valence-corrected chi connectivity index (χ4v) is 2.64. The van der Waals surface area contributed by atoms with Gasteiger partial charge in [-0.3, -0.25) is 25.1 Å². The van der Waals surface area contributed by atoms with Gasteiger partial charge in [0.15, 0.2) is 11.5 Å². The van der Waals surface area contributed by atoms with Crippen LogP contribution >= 0.6 is 0 Å². The number of hydrazine groups is 1. The van der Waals surface area contributed by atoms with Crippen molar-refractivity contribution in [1.82, 2.24) is 20.6 Å². The lowest BCUT2D eigenvalue weighted by Crippen LogP contribution is -2.51. The summed E-state index contributed by atoms with van der Waals surface area (Å²) in [5, 5.41) is 4.27. The molecule has 8 heteroatoms. The summed E-state index contributed by atoms with van der Waals surface area (Å²) in [6.45, 7) is 3.82. The van der Waals surface area contributed by atoms with Gasteiger partial charge >= 0.3 is 0 Å². The third-order valence-electron chi connectivity index (χ3n) is 4.12. The molecule has 0 radical (unpaired) electrons. The first-order valence-electron chi connectivity index (χ1n) is 7.92. The van der Waals surface area contributed by atoms with Crippen LogP contribution in [-0.2, 0) is 23.1 Å². The first-order chi connectivity index (χ1) is 12.0. The van der Waals surface area contributed by atoms with Gasteiger partial charge in [0.25, 0.3) is 5.91 Å². The average molecular weight is 344 g/mol. The predicted molar refractivity (Wildman–Crippen MR) is 89.0 cm³/mol. The van der Waals surface area contributed by atoms with Crippen LogP contribution in [0.5, 0.6) is 11.5 Å². The highest BCUT2D eigenvalue weighted by Crippen LogP contribution is 2.30. The molecule has 2 N–H and O–H groups in total. The van der Waals surface area contributed by atoms with Crippen molar-refractivity contribution >= 4 is 11.8 Å². The minimum Gasteiger partial charge on any atom is -0.485 e. The molecule has 1 aliphatic heterocycles. The number of nitrogens with zero attached hydrogens (tertiary/aromatic N) is 2. The number of carbonyl (C=O) groups excluding carboxylic acids is 2. The number of rotatable bonds is 3. The number of aryl methyl sites for hydroxylation is 2. The van der Waals surface area contributed by atoms with Gasteiger partial charge in [0, 0.05) is 18.3 Å². The van der Waals surface area contributed by atoms with E-state index in [0.29, 0.717) is 11.5 Å². The zero-order valence-electron chi connectivity index (χ0n) is 14.3. The summed E-state index contributed by atoms with van der Waals surface area (Å²) in [5.41, 5.74) is 7.34. The Balaban J connectivity index is 1.53. The quantitative estimate of drug-likeness (QED) is 0.794. The molecule has 0 saturated heterocycles. The third-order valence-corrected chi connectivity index (χ3v) is 4.12. The van der Waals surface area contributed by atoms with Gasteiger partial charge in [-0.2, -0.15) is 5.10 Å². The highest BCUT2D eigenvalue weighted by Gasteiger charge is 2.27. The number of carbonyl (C=O) groups is 2. The Morgan fingerprint density at radius 1 is 1.24 bits per heavy atom. The van der Waals surface area contributed by atoms with E-state index >= 15 is 0 Å². The molecule has 0 bridgehead atoms. The largest absolute Gasteiger partial charge is 0.485 e. The van der Waals surface area contributed by atoms with Crippen molar-refractivity contribution in [2.75, 3.05) is 6.61 Å². The molecule has 2 amide bonds. The maximum absolute atomic E-state index is 12.2. The minimum atomic E-state index is -0.822. The number of hydrogen-bond acceptors (Lipinski definition) is 5. The van der Waals surface area contributed by atoms with Crippen LogP contribution in [0.25, 0.3) is 0 Å². The number of fused-ring (bicyclic) bond motifs is 1. The Morgan fingerprint density at radius 3 is 2.64 bits per heavy atom. The molecule has 3 rings (SSSR count). The molecule has 1 aromatic carbocycles. The molecule has 8 nitrogen and oxygen atoms in total. The highest BCUT2D eigenvalue weighted by atomic mass is 16.6. The lowest BCUT2D eigenvalue weighted by atomic mass is 10.1. The summed E-state index contributed by atoms with van der Waals surface area (Å²) in [6, 6.07) is 7.11. The molecular weight excluding hydrogens is 324 g/mol. The second-order valence-corrected chi connectivity index (χ2v) is 5.85. The zero-order chi connectivity index (χ0) is 18.0. The number of aromatic nitrogens is 2. The van der Waals surface area contributed by atoms with Crippen molar-refractivity contribution in [3.63, 3.8) is 0 Å². The Morgan fingerprint density at radius 2 is 1.96 bits per heavy atom. The van der Waals surface area contributed by atoms with E-state index in [9.17, 15) is 9.59 Å². The monoisotopic (exact) mass is 344 g/mol. The van der Waals surface area contributed by atoms with Crippen LogP contribution < -0.4 is 20.3 Å². The lowest BCUT2D eigenvalue weighted by molar-refractivity contribution is -0.134. The van der Waals surface area contributed by atoms with E-state index in [1.165, 1.54) is 0 Å². The zero-order valence-corrected chi connectivity index (χ0v) is 14.3. The molecule has 2 heterocycles. The van der Waals surface area contributed by atoms with Crippen molar-refractivity contribution in [2.24, 2.45) is 7.05 Å². The van der Waals surface area contributed by atoms with E-state index < -0.39 is 12.0 Å². The standard InChI is InChI=1S/C17H20N4O4/c1-10-12(11(2)21(3)20-10)8-16(22)18-19-17(23)15-9-24-13-6-4-5-7-14(13)25-15/h4-7,15H,8-9H2,1-3H3,(H,18,22)(H,19,23)/t15-/m0/s1. The van der Waals surface area contributed by atoms with Crippen LogP contribution in [0, 0.1) is 13.8 Å². The van der Waals surface area contributed by atoms with Crippen molar-refractivity contribution < 1.29 is 19.1 Å². The van der Waals surface area contributed by atoms with Crippen LogP contribution in [0.4, 0.5) is 0 Å². The van der Waals surface area contributed by atoms with Gasteiger partial charge in [-0.25, -0.2) is 0 Å². The van der Waals surface area contributed by atoms with Gasteiger partial charge in [0.1, 0.15) is 6.61 Å². The van der Waals surface area contributed by atoms with Gasteiger partial charge in [0.05, 0.1) is 12.1 Å². The van der Waals surface area contributed by atoms with E-state index in [-0.39, 0.29) is 18.9 Å². The second-order valence-electron chi connectivity index (χ2n) is 5.85. The topological polar surface area (TPSA) is 94.5 Å². The number of benzene rings is 1. The molecule has 0 fully saturated rings. The molecule has 1 aliphatic rings. The Bertz CT molecular complexity index is 815. The normalized spacial score (nSPS) is 15.6. The highest BCUT2D eigenvalue weighted by molar-refractivity contribution is 5.86. The second kappa shape index (κ2) is 6.84. The molecule has 0 spiro atoms. The summed E-state index contributed by atoms with van der Waals surface area (Å²) in [6.07, 6.45) is -0.687. The van der Waals surface area contributed by atoms with Gasteiger partial charge in [0.2, 0.25) is 12.0 Å². The van der Waals surface area contributed by atoms with Gasteiger partial charge in [-0.15, -0.1) is 0 Å². The maximum Gasteiger partial charge on any atom is 0.283 e. The summed E-state index contributed by atoms with van der Waals surface area (Å²) in [7, 11) is 1.82. The Labute approximate surface area is 145 Å². The van der Waals surface area contributed by atoms with Crippen LogP contribution in [0.3, 0.4) is 0 Å². The molecule has 0 saturated carbocycles. The van der Waals surface area contributed by atoms with Crippen LogP contribution in [0.15, 0.2) is 24.3 Å². The van der Waals surface area contributed by atoms with Crippen molar-refractivity contribution in [3.05, 3.63) is 41.2 Å². The van der Waals surface area contributed by atoms with E-state index in [4.69, 9.17) is 9.47 Å². The molecule has 0 unspecified atom stereocenters. The van der Waals surface area contributed by atoms with E-state index in [0.717, 1.165) is 17.0 Å². The first-order valence-corrected chi connectivity index (χ1v) is 7.92. The van der Waals surface area contributed by atoms with Crippen LogP contribution in [0.1, 0.15) is 17.0 Å². The molecule has 1 atom stereocenters. The smallest absolute Gasteiger partial charge is 0.283 e. The summed E-state index contributed by atoms with van der Waals surface area (Å²) < 4.78 is 12.8.